The van der Waals surface area contributed by atoms with E-state index in [9.17, 15) is 14.9 Å². The highest BCUT2D eigenvalue weighted by Crippen LogP contribution is 2.22. The smallest absolute Gasteiger partial charge is 0.312 e. The molecule has 0 unspecified atom stereocenters. The Morgan fingerprint density at radius 3 is 2.21 bits per heavy atom. The maximum Gasteiger partial charge on any atom is 0.312 e. The molecule has 9 heteroatoms. The standard InChI is InChI=1S/C25H29N5O4/c1-18-24(30(32)33)19(2)29(27-18)17-22-7-9-23(10-8-22)25(31)26-15-20-3-5-21(6-4-20)16-28-11-13-34-14-12-28/h3-10H,11-17H2,1-2H3,(H,26,31). The van der Waals surface area contributed by atoms with Gasteiger partial charge < -0.3 is 10.1 Å². The van der Waals surface area contributed by atoms with E-state index >= 15 is 0 Å². The van der Waals surface area contributed by atoms with Crippen molar-refractivity contribution in [2.75, 3.05) is 26.3 Å². The van der Waals surface area contributed by atoms with Crippen molar-refractivity contribution in [3.05, 3.63) is 92.3 Å². The van der Waals surface area contributed by atoms with Crippen LogP contribution < -0.4 is 5.32 Å². The summed E-state index contributed by atoms with van der Waals surface area (Å²) in [5.74, 6) is -0.148. The second-order valence-electron chi connectivity index (χ2n) is 8.52. The number of nitrogens with zero attached hydrogens (tertiary/aromatic N) is 4. The minimum atomic E-state index is -0.403. The van der Waals surface area contributed by atoms with Crippen LogP contribution in [0.3, 0.4) is 0 Å². The lowest BCUT2D eigenvalue weighted by Crippen LogP contribution is -2.35. The molecule has 0 saturated carbocycles. The van der Waals surface area contributed by atoms with Gasteiger partial charge in [0.2, 0.25) is 0 Å². The Balaban J connectivity index is 1.30. The lowest BCUT2D eigenvalue weighted by atomic mass is 10.1. The van der Waals surface area contributed by atoms with E-state index < -0.39 is 4.92 Å². The van der Waals surface area contributed by atoms with Gasteiger partial charge in [0.05, 0.1) is 24.7 Å². The maximum atomic E-state index is 12.6. The Bertz CT molecular complexity index is 1150. The number of morpholine rings is 1. The number of aromatic nitrogens is 2. The maximum absolute atomic E-state index is 12.6. The van der Waals surface area contributed by atoms with E-state index in [-0.39, 0.29) is 11.6 Å². The Labute approximate surface area is 198 Å². The zero-order chi connectivity index (χ0) is 24.1. The minimum Gasteiger partial charge on any atom is -0.379 e. The molecular formula is C25H29N5O4. The number of aryl methyl sites for hydroxylation is 1. The number of ether oxygens (including phenoxy) is 1. The van der Waals surface area contributed by atoms with E-state index in [4.69, 9.17) is 4.74 Å². The molecule has 0 bridgehead atoms. The zero-order valence-corrected chi connectivity index (χ0v) is 19.5. The molecule has 178 valence electrons. The molecule has 4 rings (SSSR count). The number of hydrogen-bond acceptors (Lipinski definition) is 6. The van der Waals surface area contributed by atoms with Gasteiger partial charge in [0.15, 0.2) is 0 Å². The van der Waals surface area contributed by atoms with E-state index in [2.05, 4.69) is 27.4 Å². The van der Waals surface area contributed by atoms with Crippen LogP contribution in [0.1, 0.15) is 38.4 Å². The highest BCUT2D eigenvalue weighted by atomic mass is 16.6. The second-order valence-corrected chi connectivity index (χ2v) is 8.52. The van der Waals surface area contributed by atoms with Crippen LogP contribution in [0.5, 0.6) is 0 Å². The summed E-state index contributed by atoms with van der Waals surface area (Å²) >= 11 is 0. The summed E-state index contributed by atoms with van der Waals surface area (Å²) in [6.45, 7) is 8.57. The van der Waals surface area contributed by atoms with Crippen LogP contribution in [0.2, 0.25) is 0 Å². The van der Waals surface area contributed by atoms with Gasteiger partial charge in [-0.15, -0.1) is 0 Å². The first-order valence-electron chi connectivity index (χ1n) is 11.3. The largest absolute Gasteiger partial charge is 0.379 e. The van der Waals surface area contributed by atoms with Crippen LogP contribution in [0.4, 0.5) is 5.69 Å². The normalized spacial score (nSPS) is 14.2. The SMILES string of the molecule is Cc1nn(Cc2ccc(C(=O)NCc3ccc(CN4CCOCC4)cc3)cc2)c(C)c1[N+](=O)[O-]. The lowest BCUT2D eigenvalue weighted by Gasteiger charge is -2.26. The Hall–Kier alpha value is -3.56. The van der Waals surface area contributed by atoms with E-state index in [1.807, 2.05) is 24.3 Å². The van der Waals surface area contributed by atoms with Crippen LogP contribution in [0.25, 0.3) is 0 Å². The monoisotopic (exact) mass is 463 g/mol. The molecule has 0 radical (unpaired) electrons. The molecule has 0 spiro atoms. The molecule has 0 atom stereocenters. The molecule has 1 aromatic heterocycles. The van der Waals surface area contributed by atoms with Crippen molar-refractivity contribution < 1.29 is 14.5 Å². The molecule has 1 fully saturated rings. The highest BCUT2D eigenvalue weighted by molar-refractivity contribution is 5.94. The summed E-state index contributed by atoms with van der Waals surface area (Å²) in [6, 6.07) is 15.5. The van der Waals surface area contributed by atoms with Gasteiger partial charge in [0, 0.05) is 31.7 Å². The van der Waals surface area contributed by atoms with Gasteiger partial charge in [-0.2, -0.15) is 5.10 Å². The first-order chi connectivity index (χ1) is 16.4. The minimum absolute atomic E-state index is 0.0464. The molecule has 0 aliphatic carbocycles. The molecule has 1 amide bonds. The topological polar surface area (TPSA) is 103 Å². The van der Waals surface area contributed by atoms with Crippen molar-refractivity contribution in [3.8, 4) is 0 Å². The van der Waals surface area contributed by atoms with Gasteiger partial charge in [-0.3, -0.25) is 24.5 Å². The molecule has 34 heavy (non-hydrogen) atoms. The molecule has 2 aromatic carbocycles. The third kappa shape index (κ3) is 5.67. The van der Waals surface area contributed by atoms with Crippen LogP contribution in [0, 0.1) is 24.0 Å². The number of carbonyl (C=O) groups excluding carboxylic acids is 1. The van der Waals surface area contributed by atoms with Crippen molar-refractivity contribution >= 4 is 11.6 Å². The van der Waals surface area contributed by atoms with Gasteiger partial charge in [-0.25, -0.2) is 0 Å². The van der Waals surface area contributed by atoms with Crippen molar-refractivity contribution in [1.29, 1.82) is 0 Å². The van der Waals surface area contributed by atoms with Gasteiger partial charge in [-0.05, 0) is 42.7 Å². The quantitative estimate of drug-likeness (QED) is 0.407. The van der Waals surface area contributed by atoms with Crippen LogP contribution in [-0.2, 0) is 24.4 Å². The first-order valence-corrected chi connectivity index (χ1v) is 11.3. The fraction of sp³-hybridized carbons (Fsp3) is 0.360. The lowest BCUT2D eigenvalue weighted by molar-refractivity contribution is -0.386. The van der Waals surface area contributed by atoms with Gasteiger partial charge >= 0.3 is 5.69 Å². The fourth-order valence-corrected chi connectivity index (χ4v) is 4.10. The molecule has 9 nitrogen and oxygen atoms in total. The van der Waals surface area contributed by atoms with Crippen LogP contribution >= 0.6 is 0 Å². The van der Waals surface area contributed by atoms with Crippen molar-refractivity contribution in [2.45, 2.75) is 33.5 Å². The molecule has 1 aliphatic rings. The molecule has 1 saturated heterocycles. The predicted octanol–water partition coefficient (Wildman–Crippen LogP) is 3.22. The van der Waals surface area contributed by atoms with Crippen molar-refractivity contribution in [1.82, 2.24) is 20.0 Å². The first kappa shape index (κ1) is 23.6. The summed E-state index contributed by atoms with van der Waals surface area (Å²) in [5.41, 5.74) is 4.72. The third-order valence-corrected chi connectivity index (χ3v) is 6.06. The van der Waals surface area contributed by atoms with Gasteiger partial charge in [0.25, 0.3) is 5.91 Å². The van der Waals surface area contributed by atoms with E-state index in [0.717, 1.165) is 44.0 Å². The number of carbonyl (C=O) groups is 1. The molecular weight excluding hydrogens is 434 g/mol. The summed E-state index contributed by atoms with van der Waals surface area (Å²) in [6.07, 6.45) is 0. The molecule has 1 aliphatic heterocycles. The van der Waals surface area contributed by atoms with Crippen molar-refractivity contribution in [2.24, 2.45) is 0 Å². The number of nitro groups is 1. The fourth-order valence-electron chi connectivity index (χ4n) is 4.10. The highest BCUT2D eigenvalue weighted by Gasteiger charge is 2.21. The summed E-state index contributed by atoms with van der Waals surface area (Å²) in [4.78, 5) is 25.7. The number of benzene rings is 2. The second kappa shape index (κ2) is 10.6. The number of nitrogens with one attached hydrogen (secondary N) is 1. The number of hydrogen-bond donors (Lipinski definition) is 1. The summed E-state index contributed by atoms with van der Waals surface area (Å²) < 4.78 is 7.01. The van der Waals surface area contributed by atoms with Crippen molar-refractivity contribution in [3.63, 3.8) is 0 Å². The Morgan fingerprint density at radius 1 is 1.00 bits per heavy atom. The molecule has 3 aromatic rings. The third-order valence-electron chi connectivity index (χ3n) is 6.06. The van der Waals surface area contributed by atoms with Gasteiger partial charge in [-0.1, -0.05) is 36.4 Å². The average molecular weight is 464 g/mol. The molecule has 1 N–H and O–H groups in total. The van der Waals surface area contributed by atoms with E-state index in [0.29, 0.717) is 30.0 Å². The zero-order valence-electron chi connectivity index (χ0n) is 19.5. The van der Waals surface area contributed by atoms with Crippen LogP contribution in [-0.4, -0.2) is 51.8 Å². The number of rotatable bonds is 8. The summed E-state index contributed by atoms with van der Waals surface area (Å²) in [5, 5.41) is 18.4. The summed E-state index contributed by atoms with van der Waals surface area (Å²) in [7, 11) is 0. The van der Waals surface area contributed by atoms with E-state index in [1.54, 1.807) is 30.7 Å². The van der Waals surface area contributed by atoms with Crippen LogP contribution in [0.15, 0.2) is 48.5 Å². The number of amides is 1. The predicted molar refractivity (Wildman–Crippen MR) is 128 cm³/mol. The Kier molecular flexibility index (Phi) is 7.34. The van der Waals surface area contributed by atoms with E-state index in [1.165, 1.54) is 5.56 Å². The Morgan fingerprint density at radius 2 is 1.59 bits per heavy atom. The average Bonchev–Trinajstić information content (AvgIpc) is 3.12. The van der Waals surface area contributed by atoms with Gasteiger partial charge in [0.1, 0.15) is 11.4 Å². The molecule has 2 heterocycles.